The highest BCUT2D eigenvalue weighted by Crippen LogP contribution is 2.09. The van der Waals surface area contributed by atoms with Crippen molar-refractivity contribution in [2.75, 3.05) is 19.7 Å². The lowest BCUT2D eigenvalue weighted by Gasteiger charge is -2.18. The van der Waals surface area contributed by atoms with Crippen molar-refractivity contribution in [2.45, 2.75) is 20.0 Å². The molecule has 74 valence electrons. The minimum Gasteiger partial charge on any atom is -0.447 e. The normalized spacial score (nSPS) is 14.8. The Labute approximate surface area is 70.1 Å². The Morgan fingerprint density at radius 1 is 1.33 bits per heavy atom. The molecule has 0 aliphatic carbocycles. The van der Waals surface area contributed by atoms with Crippen molar-refractivity contribution in [3.05, 3.63) is 0 Å². The van der Waals surface area contributed by atoms with Crippen molar-refractivity contribution in [1.29, 1.82) is 0 Å². The van der Waals surface area contributed by atoms with Gasteiger partial charge in [0.25, 0.3) is 0 Å². The first kappa shape index (κ1) is 11.8. The molecule has 0 aliphatic rings. The van der Waals surface area contributed by atoms with Crippen LogP contribution in [0, 0.1) is 0 Å². The summed E-state index contributed by atoms with van der Waals surface area (Å²) in [6.45, 7) is -1.94. The van der Waals surface area contributed by atoms with Gasteiger partial charge >= 0.3 is 6.98 Å². The number of rotatable bonds is 6. The van der Waals surface area contributed by atoms with E-state index in [-0.39, 0.29) is 6.61 Å². The molecule has 0 aromatic heterocycles. The van der Waals surface area contributed by atoms with Gasteiger partial charge < -0.3 is 22.4 Å². The average Bonchev–Trinajstić information content (AvgIpc) is 1.95. The van der Waals surface area contributed by atoms with Crippen LogP contribution in [-0.2, 0) is 9.47 Å². The highest BCUT2D eigenvalue weighted by atomic mass is 19.4. The fourth-order valence-electron chi connectivity index (χ4n) is 0.605. The second-order valence-corrected chi connectivity index (χ2v) is 2.51. The first-order chi connectivity index (χ1) is 5.45. The van der Waals surface area contributed by atoms with Gasteiger partial charge in [0.05, 0.1) is 12.7 Å². The molecule has 6 heteroatoms. The summed E-state index contributed by atoms with van der Waals surface area (Å²) in [6, 6.07) is 0. The van der Waals surface area contributed by atoms with Crippen LogP contribution in [-0.4, -0.2) is 32.8 Å². The lowest BCUT2D eigenvalue weighted by atomic mass is 9.95. The van der Waals surface area contributed by atoms with E-state index in [1.807, 2.05) is 0 Å². The smallest absolute Gasteiger partial charge is 0.447 e. The molecule has 0 rings (SSSR count). The summed E-state index contributed by atoms with van der Waals surface area (Å²) < 4.78 is 44.3. The molecule has 0 saturated carbocycles. The van der Waals surface area contributed by atoms with E-state index >= 15 is 0 Å². The van der Waals surface area contributed by atoms with E-state index in [0.29, 0.717) is 6.61 Å². The van der Waals surface area contributed by atoms with Crippen LogP contribution in [0.15, 0.2) is 0 Å². The lowest BCUT2D eigenvalue weighted by Crippen LogP contribution is -2.29. The van der Waals surface area contributed by atoms with Crippen LogP contribution in [0.4, 0.5) is 12.9 Å². The first-order valence-electron chi connectivity index (χ1n) is 3.86. The van der Waals surface area contributed by atoms with E-state index in [1.165, 1.54) is 0 Å². The molecule has 0 N–H and O–H groups in total. The van der Waals surface area contributed by atoms with Crippen LogP contribution in [0.25, 0.3) is 0 Å². The molecule has 2 nitrogen and oxygen atoms in total. The Morgan fingerprint density at radius 3 is 2.33 bits per heavy atom. The van der Waals surface area contributed by atoms with Crippen molar-refractivity contribution in [3.8, 4) is 0 Å². The third kappa shape index (κ3) is 7.88. The van der Waals surface area contributed by atoms with Crippen molar-refractivity contribution in [1.82, 2.24) is 0 Å². The third-order valence-electron chi connectivity index (χ3n) is 1.13. The Balaban J connectivity index is 3.37. The van der Waals surface area contributed by atoms with Crippen LogP contribution in [0.3, 0.4) is 0 Å². The first-order valence-corrected chi connectivity index (χ1v) is 3.86. The van der Waals surface area contributed by atoms with E-state index in [2.05, 4.69) is 4.74 Å². The zero-order valence-corrected chi connectivity index (χ0v) is 7.23. The topological polar surface area (TPSA) is 18.5 Å². The average molecular weight is 185 g/mol. The monoisotopic (exact) mass is 185 g/mol. The predicted molar refractivity (Wildman–Crippen MR) is 41.0 cm³/mol. The molecule has 0 bridgehead atoms. The molecular formula is C6H13BF3O2-. The molecule has 0 amide bonds. The maximum Gasteiger partial charge on any atom is 0.503 e. The summed E-state index contributed by atoms with van der Waals surface area (Å²) in [5.74, 6) is 0. The Bertz CT molecular complexity index is 118. The molecule has 0 saturated heterocycles. The molecular weight excluding hydrogens is 172 g/mol. The fourth-order valence-corrected chi connectivity index (χ4v) is 0.605. The van der Waals surface area contributed by atoms with Crippen LogP contribution < -0.4 is 0 Å². The summed E-state index contributed by atoms with van der Waals surface area (Å²) in [5.41, 5.74) is 0. The van der Waals surface area contributed by atoms with Gasteiger partial charge in [-0.25, -0.2) is 0 Å². The van der Waals surface area contributed by atoms with Gasteiger partial charge in [0.1, 0.15) is 0 Å². The van der Waals surface area contributed by atoms with Gasteiger partial charge in [-0.15, -0.1) is 0 Å². The lowest BCUT2D eigenvalue weighted by molar-refractivity contribution is 0.00649. The van der Waals surface area contributed by atoms with E-state index < -0.39 is 19.6 Å². The molecule has 1 unspecified atom stereocenters. The zero-order chi connectivity index (χ0) is 9.61. The highest BCUT2D eigenvalue weighted by Gasteiger charge is 2.24. The molecule has 0 fully saturated rings. The van der Waals surface area contributed by atoms with Gasteiger partial charge in [0.2, 0.25) is 0 Å². The van der Waals surface area contributed by atoms with Crippen LogP contribution in [0.1, 0.15) is 13.8 Å². The van der Waals surface area contributed by atoms with Crippen molar-refractivity contribution >= 4 is 6.98 Å². The van der Waals surface area contributed by atoms with E-state index in [1.54, 1.807) is 13.8 Å². The molecule has 0 spiro atoms. The second-order valence-electron chi connectivity index (χ2n) is 2.51. The molecule has 0 aliphatic heterocycles. The highest BCUT2D eigenvalue weighted by molar-refractivity contribution is 6.58. The quantitative estimate of drug-likeness (QED) is 0.587. The standard InChI is InChI=1S/C6H13BF3O2/c1-3-11-4-6(2)12-5-7(8,9)10/h6H,3-5H2,1-2H3/q-1. The largest absolute Gasteiger partial charge is 0.503 e. The predicted octanol–water partition coefficient (Wildman–Crippen LogP) is 1.81. The van der Waals surface area contributed by atoms with Crippen molar-refractivity contribution in [2.24, 2.45) is 0 Å². The minimum atomic E-state index is -4.83. The van der Waals surface area contributed by atoms with Gasteiger partial charge in [-0.3, -0.25) is 0 Å². The molecule has 0 aromatic rings. The van der Waals surface area contributed by atoms with Gasteiger partial charge in [-0.2, -0.15) is 0 Å². The van der Waals surface area contributed by atoms with Crippen molar-refractivity contribution < 1.29 is 22.4 Å². The van der Waals surface area contributed by atoms with Gasteiger partial charge in [0, 0.05) is 13.1 Å². The molecule has 0 radical (unpaired) electrons. The van der Waals surface area contributed by atoms with E-state index in [9.17, 15) is 12.9 Å². The van der Waals surface area contributed by atoms with Crippen LogP contribution in [0.2, 0.25) is 0 Å². The summed E-state index contributed by atoms with van der Waals surface area (Å²) in [4.78, 5) is 0. The number of halogens is 3. The third-order valence-corrected chi connectivity index (χ3v) is 1.13. The zero-order valence-electron chi connectivity index (χ0n) is 7.23. The molecule has 1 atom stereocenters. The Morgan fingerprint density at radius 2 is 1.92 bits per heavy atom. The summed E-state index contributed by atoms with van der Waals surface area (Å²) >= 11 is 0. The molecule has 12 heavy (non-hydrogen) atoms. The van der Waals surface area contributed by atoms with E-state index in [4.69, 9.17) is 4.74 Å². The summed E-state index contributed by atoms with van der Waals surface area (Å²) in [6.07, 6.45) is -0.492. The van der Waals surface area contributed by atoms with E-state index in [0.717, 1.165) is 0 Å². The number of hydrogen-bond donors (Lipinski definition) is 0. The second kappa shape index (κ2) is 5.43. The molecule has 0 heterocycles. The van der Waals surface area contributed by atoms with Crippen molar-refractivity contribution in [3.63, 3.8) is 0 Å². The van der Waals surface area contributed by atoms with Crippen LogP contribution in [0.5, 0.6) is 0 Å². The SMILES string of the molecule is CCOCC(C)OC[B-](F)(F)F. The van der Waals surface area contributed by atoms with Gasteiger partial charge in [-0.05, 0) is 13.8 Å². The Kier molecular flexibility index (Phi) is 5.32. The Hall–Kier alpha value is -0.225. The van der Waals surface area contributed by atoms with Gasteiger partial charge in [0.15, 0.2) is 0 Å². The minimum absolute atomic E-state index is 0.211. The molecule has 0 aromatic carbocycles. The fraction of sp³-hybridized carbons (Fsp3) is 1.00. The summed E-state index contributed by atoms with van der Waals surface area (Å²) in [5, 5.41) is 0. The van der Waals surface area contributed by atoms with Crippen LogP contribution >= 0.6 is 0 Å². The van der Waals surface area contributed by atoms with Gasteiger partial charge in [-0.1, -0.05) is 0 Å². The maximum absolute atomic E-state index is 11.6. The number of ether oxygens (including phenoxy) is 2. The maximum atomic E-state index is 11.6. The number of hydrogen-bond acceptors (Lipinski definition) is 2. The summed E-state index contributed by atoms with van der Waals surface area (Å²) in [7, 11) is 0.